The minimum Gasteiger partial charge on any atom is -0.344 e. The molecule has 15 heavy (non-hydrogen) atoms. The zero-order valence-electron chi connectivity index (χ0n) is 7.59. The number of phosphoric acid groups is 2. The van der Waals surface area contributed by atoms with Crippen LogP contribution in [0, 0.1) is 0 Å². The average molecular weight is 268 g/mol. The van der Waals surface area contributed by atoms with E-state index in [-0.39, 0.29) is 12.8 Å². The van der Waals surface area contributed by atoms with E-state index in [0.717, 1.165) is 0 Å². The number of phosphoric ester groups is 1. The van der Waals surface area contributed by atoms with Crippen LogP contribution in [-0.2, 0) is 18.2 Å². The molecule has 1 rings (SSSR count). The predicted molar refractivity (Wildman–Crippen MR) is 48.7 cm³/mol. The lowest BCUT2D eigenvalue weighted by molar-refractivity contribution is 0.0508. The Balaban J connectivity index is 0. The van der Waals surface area contributed by atoms with Crippen LogP contribution in [0.2, 0.25) is 0 Å². The summed E-state index contributed by atoms with van der Waals surface area (Å²) in [6.07, 6.45) is -0.195. The predicted octanol–water partition coefficient (Wildman–Crippen LogP) is -0.958. The number of hydrogen-bond donors (Lipinski definition) is 6. The molecule has 0 radical (unpaired) electrons. The fraction of sp³-hybridized carbons (Fsp3) is 1.00. The van der Waals surface area contributed by atoms with Gasteiger partial charge in [-0.1, -0.05) is 0 Å². The molecule has 0 aliphatic carbocycles. The minimum absolute atomic E-state index is 0. The molecule has 1 fully saturated rings. The first kappa shape index (κ1) is 17.5. The second kappa shape index (κ2) is 6.66. The van der Waals surface area contributed by atoms with Gasteiger partial charge in [-0.3, -0.25) is 9.05 Å². The Morgan fingerprint density at radius 2 is 1.80 bits per heavy atom. The Kier molecular flexibility index (Phi) is 7.79. The maximum Gasteiger partial charge on any atom is 0.473 e. The third-order valence-corrected chi connectivity index (χ3v) is 1.97. The lowest BCUT2D eigenvalue weighted by Gasteiger charge is -2.22. The Labute approximate surface area is 85.4 Å². The van der Waals surface area contributed by atoms with Crippen LogP contribution in [0.15, 0.2) is 0 Å². The first-order chi connectivity index (χ1) is 6.10. The van der Waals surface area contributed by atoms with Gasteiger partial charge in [0.15, 0.2) is 0 Å². The SMILES string of the molecule is N.NC1CCOP(=O)(O)O1.O=P(O)(O)O. The number of nitrogens with two attached hydrogens (primary N) is 1. The van der Waals surface area contributed by atoms with Gasteiger partial charge in [-0.05, 0) is 0 Å². The molecule has 10 nitrogen and oxygen atoms in total. The molecule has 2 unspecified atom stereocenters. The summed E-state index contributed by atoms with van der Waals surface area (Å²) in [4.78, 5) is 30.1. The normalized spacial score (nSPS) is 30.9. The van der Waals surface area contributed by atoms with Crippen molar-refractivity contribution in [1.82, 2.24) is 6.15 Å². The summed E-state index contributed by atoms with van der Waals surface area (Å²) in [5.74, 6) is 0. The van der Waals surface area contributed by atoms with Crippen molar-refractivity contribution >= 4 is 15.6 Å². The van der Waals surface area contributed by atoms with Crippen LogP contribution in [0.3, 0.4) is 0 Å². The minimum atomic E-state index is -4.64. The summed E-state index contributed by atoms with van der Waals surface area (Å²) in [7, 11) is -8.41. The summed E-state index contributed by atoms with van der Waals surface area (Å²) in [5.41, 5.74) is 5.18. The van der Waals surface area contributed by atoms with Crippen molar-refractivity contribution in [3.63, 3.8) is 0 Å². The molecule has 1 aliphatic heterocycles. The summed E-state index contributed by atoms with van der Waals surface area (Å²) < 4.78 is 28.0. The summed E-state index contributed by atoms with van der Waals surface area (Å²) in [5, 5.41) is 0. The fourth-order valence-corrected chi connectivity index (χ4v) is 1.38. The van der Waals surface area contributed by atoms with Crippen LogP contribution in [0.5, 0.6) is 0 Å². The Morgan fingerprint density at radius 1 is 1.40 bits per heavy atom. The highest BCUT2D eigenvalue weighted by Gasteiger charge is 2.29. The lowest BCUT2D eigenvalue weighted by atomic mass is 10.4. The van der Waals surface area contributed by atoms with Crippen LogP contribution in [-0.4, -0.2) is 32.4 Å². The van der Waals surface area contributed by atoms with E-state index >= 15 is 0 Å². The maximum absolute atomic E-state index is 10.5. The van der Waals surface area contributed by atoms with Crippen molar-refractivity contribution < 1.29 is 37.8 Å². The third kappa shape index (κ3) is 14.1. The van der Waals surface area contributed by atoms with Gasteiger partial charge in [0.1, 0.15) is 6.23 Å². The Bertz CT molecular complexity index is 256. The molecular weight excluding hydrogens is 254 g/mol. The maximum atomic E-state index is 10.5. The van der Waals surface area contributed by atoms with Crippen LogP contribution < -0.4 is 11.9 Å². The molecule has 1 saturated heterocycles. The molecule has 0 amide bonds. The van der Waals surface area contributed by atoms with Crippen molar-refractivity contribution in [2.45, 2.75) is 12.6 Å². The summed E-state index contributed by atoms with van der Waals surface area (Å²) in [6, 6.07) is 0. The molecule has 94 valence electrons. The molecule has 0 saturated carbocycles. The average Bonchev–Trinajstić information content (AvgIpc) is 1.78. The van der Waals surface area contributed by atoms with E-state index in [1.165, 1.54) is 0 Å². The third-order valence-electron chi connectivity index (χ3n) is 0.925. The molecule has 9 N–H and O–H groups in total. The van der Waals surface area contributed by atoms with Crippen molar-refractivity contribution in [2.75, 3.05) is 6.61 Å². The molecule has 12 heteroatoms. The second-order valence-corrected chi connectivity index (χ2v) is 4.68. The van der Waals surface area contributed by atoms with Gasteiger partial charge >= 0.3 is 15.6 Å². The van der Waals surface area contributed by atoms with Crippen molar-refractivity contribution in [3.8, 4) is 0 Å². The second-order valence-electron chi connectivity index (χ2n) is 2.25. The van der Waals surface area contributed by atoms with E-state index in [2.05, 4.69) is 9.05 Å². The van der Waals surface area contributed by atoms with E-state index < -0.39 is 21.9 Å². The van der Waals surface area contributed by atoms with Gasteiger partial charge in [0.2, 0.25) is 0 Å². The van der Waals surface area contributed by atoms with Gasteiger partial charge in [-0.15, -0.1) is 0 Å². The monoisotopic (exact) mass is 268 g/mol. The molecular formula is C3H14N2O8P2. The molecule has 0 bridgehead atoms. The van der Waals surface area contributed by atoms with Gasteiger partial charge in [0.05, 0.1) is 6.61 Å². The molecule has 0 spiro atoms. The van der Waals surface area contributed by atoms with Gasteiger partial charge in [-0.25, -0.2) is 9.13 Å². The van der Waals surface area contributed by atoms with Crippen molar-refractivity contribution in [1.29, 1.82) is 0 Å². The summed E-state index contributed by atoms with van der Waals surface area (Å²) >= 11 is 0. The topological polar surface area (TPSA) is 195 Å². The van der Waals surface area contributed by atoms with E-state index in [4.69, 9.17) is 29.9 Å². The molecule has 1 aliphatic rings. The van der Waals surface area contributed by atoms with Crippen LogP contribution in [0.4, 0.5) is 0 Å². The van der Waals surface area contributed by atoms with Gasteiger partial charge in [0.25, 0.3) is 0 Å². The Hall–Kier alpha value is 0.140. The van der Waals surface area contributed by atoms with Gasteiger partial charge in [-0.2, -0.15) is 0 Å². The standard InChI is InChI=1S/C3H8NO4P.H3N.H3O4P/c4-3-1-2-7-9(5,6)8-3;;1-5(2,3)4/h3H,1-2,4H2,(H,5,6);1H3;(H3,1,2,3,4). The van der Waals surface area contributed by atoms with E-state index in [1.807, 2.05) is 0 Å². The molecule has 0 aromatic heterocycles. The smallest absolute Gasteiger partial charge is 0.344 e. The molecule has 1 heterocycles. The highest BCUT2D eigenvalue weighted by atomic mass is 31.2. The number of rotatable bonds is 0. The quantitative estimate of drug-likeness (QED) is 0.298. The fourth-order valence-electron chi connectivity index (χ4n) is 0.538. The van der Waals surface area contributed by atoms with Gasteiger partial charge in [0, 0.05) is 6.42 Å². The van der Waals surface area contributed by atoms with Gasteiger partial charge < -0.3 is 31.5 Å². The zero-order valence-corrected chi connectivity index (χ0v) is 9.38. The highest BCUT2D eigenvalue weighted by molar-refractivity contribution is 7.47. The van der Waals surface area contributed by atoms with Crippen LogP contribution in [0.1, 0.15) is 6.42 Å². The molecule has 2 atom stereocenters. The first-order valence-electron chi connectivity index (χ1n) is 3.30. The Morgan fingerprint density at radius 3 is 2.00 bits per heavy atom. The van der Waals surface area contributed by atoms with E-state index in [9.17, 15) is 4.57 Å². The zero-order chi connectivity index (χ0) is 11.4. The van der Waals surface area contributed by atoms with Crippen LogP contribution in [0.25, 0.3) is 0 Å². The number of hydrogen-bond acceptors (Lipinski definition) is 6. The van der Waals surface area contributed by atoms with Crippen molar-refractivity contribution in [3.05, 3.63) is 0 Å². The summed E-state index contributed by atoms with van der Waals surface area (Å²) in [6.45, 7) is 0.189. The lowest BCUT2D eigenvalue weighted by Crippen LogP contribution is -2.28. The van der Waals surface area contributed by atoms with E-state index in [1.54, 1.807) is 0 Å². The van der Waals surface area contributed by atoms with E-state index in [0.29, 0.717) is 6.42 Å². The first-order valence-corrected chi connectivity index (χ1v) is 6.36. The van der Waals surface area contributed by atoms with Crippen molar-refractivity contribution in [2.24, 2.45) is 5.73 Å². The molecule has 0 aromatic rings. The van der Waals surface area contributed by atoms with Crippen LogP contribution >= 0.6 is 15.6 Å². The molecule has 0 aromatic carbocycles. The highest BCUT2D eigenvalue weighted by Crippen LogP contribution is 2.46. The largest absolute Gasteiger partial charge is 0.473 e.